The van der Waals surface area contributed by atoms with Crippen molar-refractivity contribution in [2.24, 2.45) is 0 Å². The summed E-state index contributed by atoms with van der Waals surface area (Å²) >= 11 is 0. The van der Waals surface area contributed by atoms with E-state index in [2.05, 4.69) is 53.4 Å². The minimum atomic E-state index is -0.746. The van der Waals surface area contributed by atoms with Crippen LogP contribution in [0.3, 0.4) is 0 Å². The Labute approximate surface area is 177 Å². The molecule has 2 unspecified atom stereocenters. The molecule has 1 heterocycles. The summed E-state index contributed by atoms with van der Waals surface area (Å²) in [5.74, 6) is 0.0833. The quantitative estimate of drug-likeness (QED) is 0.577. The second-order valence-corrected chi connectivity index (χ2v) is 7.63. The van der Waals surface area contributed by atoms with E-state index in [9.17, 15) is 9.90 Å². The van der Waals surface area contributed by atoms with Gasteiger partial charge in [0.2, 0.25) is 0 Å². The second-order valence-electron chi connectivity index (χ2n) is 7.63. The Morgan fingerprint density at radius 1 is 0.967 bits per heavy atom. The molecule has 4 rings (SSSR count). The number of hydrogen-bond acceptors (Lipinski definition) is 3. The van der Waals surface area contributed by atoms with Crippen molar-refractivity contribution in [3.05, 3.63) is 90.0 Å². The van der Waals surface area contributed by atoms with Crippen LogP contribution in [0.4, 0.5) is 0 Å². The number of rotatable bonds is 7. The number of carbonyl (C=O) groups is 1. The van der Waals surface area contributed by atoms with Gasteiger partial charge >= 0.3 is 5.97 Å². The first-order valence-electron chi connectivity index (χ1n) is 10.5. The molecule has 0 aromatic heterocycles. The van der Waals surface area contributed by atoms with Gasteiger partial charge in [0.15, 0.2) is 0 Å². The van der Waals surface area contributed by atoms with E-state index in [-0.39, 0.29) is 6.04 Å². The molecular weight excluding hydrogens is 374 g/mol. The van der Waals surface area contributed by atoms with Crippen molar-refractivity contribution in [1.29, 1.82) is 0 Å². The van der Waals surface area contributed by atoms with Gasteiger partial charge < -0.3 is 9.84 Å². The predicted octanol–water partition coefficient (Wildman–Crippen LogP) is 5.39. The molecule has 154 valence electrons. The maximum atomic E-state index is 11.9. The Kier molecular flexibility index (Phi) is 6.15. The van der Waals surface area contributed by atoms with Crippen molar-refractivity contribution in [1.82, 2.24) is 4.90 Å². The molecule has 1 saturated heterocycles. The molecule has 1 aliphatic heterocycles. The summed E-state index contributed by atoms with van der Waals surface area (Å²) in [7, 11) is 0. The lowest BCUT2D eigenvalue weighted by atomic mass is 9.94. The Balaban J connectivity index is 1.70. The van der Waals surface area contributed by atoms with Gasteiger partial charge in [-0.3, -0.25) is 9.69 Å². The van der Waals surface area contributed by atoms with Gasteiger partial charge in [0.05, 0.1) is 12.6 Å². The van der Waals surface area contributed by atoms with Crippen LogP contribution in [0.2, 0.25) is 0 Å². The largest absolute Gasteiger partial charge is 0.494 e. The third-order valence-electron chi connectivity index (χ3n) is 5.75. The van der Waals surface area contributed by atoms with Gasteiger partial charge in [-0.05, 0) is 54.2 Å². The zero-order valence-electron chi connectivity index (χ0n) is 17.2. The van der Waals surface area contributed by atoms with Gasteiger partial charge in [0.1, 0.15) is 11.8 Å². The molecule has 0 amide bonds. The van der Waals surface area contributed by atoms with Crippen molar-refractivity contribution in [2.45, 2.75) is 31.8 Å². The molecule has 3 aromatic rings. The highest BCUT2D eigenvalue weighted by Crippen LogP contribution is 2.36. The van der Waals surface area contributed by atoms with Crippen molar-refractivity contribution >= 4 is 5.97 Å². The zero-order chi connectivity index (χ0) is 20.9. The predicted molar refractivity (Wildman–Crippen MR) is 119 cm³/mol. The van der Waals surface area contributed by atoms with Crippen LogP contribution in [0.15, 0.2) is 78.9 Å². The number of nitrogens with zero attached hydrogens (tertiary/aromatic N) is 1. The average molecular weight is 402 g/mol. The Morgan fingerprint density at radius 3 is 2.17 bits per heavy atom. The van der Waals surface area contributed by atoms with Crippen LogP contribution in [-0.2, 0) is 4.79 Å². The Morgan fingerprint density at radius 2 is 1.57 bits per heavy atom. The van der Waals surface area contributed by atoms with Crippen LogP contribution in [-0.4, -0.2) is 35.2 Å². The van der Waals surface area contributed by atoms with E-state index in [0.29, 0.717) is 13.0 Å². The van der Waals surface area contributed by atoms with Crippen LogP contribution in [0.1, 0.15) is 36.9 Å². The van der Waals surface area contributed by atoms with Crippen LogP contribution in [0, 0.1) is 0 Å². The van der Waals surface area contributed by atoms with Crippen molar-refractivity contribution in [3.63, 3.8) is 0 Å². The van der Waals surface area contributed by atoms with Crippen LogP contribution in [0.5, 0.6) is 5.75 Å². The molecule has 3 aromatic carbocycles. The van der Waals surface area contributed by atoms with E-state index >= 15 is 0 Å². The third kappa shape index (κ3) is 4.24. The molecule has 1 fully saturated rings. The summed E-state index contributed by atoms with van der Waals surface area (Å²) in [6.45, 7) is 3.36. The SMILES string of the molecule is CCOc1ccc(C(c2ccc(-c3ccccc3)cc2)N2CCCC2C(=O)O)cc1. The normalized spacial score (nSPS) is 17.6. The number of aliphatic carboxylic acids is 1. The highest BCUT2D eigenvalue weighted by atomic mass is 16.5. The standard InChI is InChI=1S/C26H27NO3/c1-2-30-23-16-14-22(15-17-23)25(27-18-6-9-24(27)26(28)29)21-12-10-20(11-13-21)19-7-4-3-5-8-19/h3-5,7-8,10-17,24-25H,2,6,9,18H2,1H3,(H,28,29). The van der Waals surface area contributed by atoms with E-state index in [4.69, 9.17) is 4.74 Å². The Bertz CT molecular complexity index is 967. The fraction of sp³-hybridized carbons (Fsp3) is 0.269. The van der Waals surface area contributed by atoms with E-state index < -0.39 is 12.0 Å². The topological polar surface area (TPSA) is 49.8 Å². The van der Waals surface area contributed by atoms with Crippen LogP contribution >= 0.6 is 0 Å². The molecule has 4 nitrogen and oxygen atoms in total. The first-order chi connectivity index (χ1) is 14.7. The second kappa shape index (κ2) is 9.14. The maximum absolute atomic E-state index is 11.9. The lowest BCUT2D eigenvalue weighted by Gasteiger charge is -2.32. The third-order valence-corrected chi connectivity index (χ3v) is 5.75. The lowest BCUT2D eigenvalue weighted by Crippen LogP contribution is -2.39. The fourth-order valence-corrected chi connectivity index (χ4v) is 4.34. The van der Waals surface area contributed by atoms with Crippen LogP contribution < -0.4 is 4.74 Å². The highest BCUT2D eigenvalue weighted by Gasteiger charge is 2.36. The van der Waals surface area contributed by atoms with Gasteiger partial charge in [-0.15, -0.1) is 0 Å². The number of benzene rings is 3. The molecule has 1 N–H and O–H groups in total. The van der Waals surface area contributed by atoms with E-state index in [1.54, 1.807) is 0 Å². The van der Waals surface area contributed by atoms with Gasteiger partial charge in [0.25, 0.3) is 0 Å². The summed E-state index contributed by atoms with van der Waals surface area (Å²) < 4.78 is 5.59. The van der Waals surface area contributed by atoms with Gasteiger partial charge in [0, 0.05) is 6.54 Å². The smallest absolute Gasteiger partial charge is 0.320 e. The first kappa shape index (κ1) is 20.2. The molecule has 2 atom stereocenters. The molecular formula is C26H27NO3. The molecule has 0 bridgehead atoms. The molecule has 0 saturated carbocycles. The van der Waals surface area contributed by atoms with E-state index in [1.165, 1.54) is 5.56 Å². The van der Waals surface area contributed by atoms with Crippen LogP contribution in [0.25, 0.3) is 11.1 Å². The number of hydrogen-bond donors (Lipinski definition) is 1. The lowest BCUT2D eigenvalue weighted by molar-refractivity contribution is -0.142. The van der Waals surface area contributed by atoms with Crippen molar-refractivity contribution in [3.8, 4) is 16.9 Å². The molecule has 1 aliphatic rings. The molecule has 30 heavy (non-hydrogen) atoms. The average Bonchev–Trinajstić information content (AvgIpc) is 3.26. The van der Waals surface area contributed by atoms with Crippen molar-refractivity contribution < 1.29 is 14.6 Å². The Hall–Kier alpha value is -3.11. The zero-order valence-corrected chi connectivity index (χ0v) is 17.2. The number of carboxylic acid groups (broad SMARTS) is 1. The highest BCUT2D eigenvalue weighted by molar-refractivity contribution is 5.74. The molecule has 0 spiro atoms. The molecule has 0 aliphatic carbocycles. The van der Waals surface area contributed by atoms with E-state index in [0.717, 1.165) is 35.4 Å². The minimum Gasteiger partial charge on any atom is -0.494 e. The summed E-state index contributed by atoms with van der Waals surface area (Å²) in [5.41, 5.74) is 4.51. The molecule has 0 radical (unpaired) electrons. The summed E-state index contributed by atoms with van der Waals surface area (Å²) in [5, 5.41) is 9.77. The number of carboxylic acids is 1. The number of ether oxygens (including phenoxy) is 1. The van der Waals surface area contributed by atoms with Gasteiger partial charge in [-0.25, -0.2) is 0 Å². The summed E-state index contributed by atoms with van der Waals surface area (Å²) in [6.07, 6.45) is 1.58. The number of likely N-dealkylation sites (tertiary alicyclic amines) is 1. The monoisotopic (exact) mass is 401 g/mol. The maximum Gasteiger partial charge on any atom is 0.320 e. The summed E-state index contributed by atoms with van der Waals surface area (Å²) in [4.78, 5) is 14.0. The van der Waals surface area contributed by atoms with E-state index in [1.807, 2.05) is 37.3 Å². The fourth-order valence-electron chi connectivity index (χ4n) is 4.34. The van der Waals surface area contributed by atoms with Crippen molar-refractivity contribution in [2.75, 3.05) is 13.2 Å². The van der Waals surface area contributed by atoms with Gasteiger partial charge in [-0.2, -0.15) is 0 Å². The molecule has 4 heteroatoms. The first-order valence-corrected chi connectivity index (χ1v) is 10.5. The summed E-state index contributed by atoms with van der Waals surface area (Å²) in [6, 6.07) is 26.3. The minimum absolute atomic E-state index is 0.103. The van der Waals surface area contributed by atoms with Gasteiger partial charge in [-0.1, -0.05) is 66.7 Å².